The molecule has 0 atom stereocenters. The van der Waals surface area contributed by atoms with Crippen molar-refractivity contribution in [3.05, 3.63) is 28.8 Å². The fourth-order valence-electron chi connectivity index (χ4n) is 1.52. The average molecular weight is 250 g/mol. The largest absolute Gasteiger partial charge is 0.355 e. The monoisotopic (exact) mass is 250 g/mol. The van der Waals surface area contributed by atoms with E-state index in [1.807, 2.05) is 11.4 Å². The maximum atomic E-state index is 5.43. The molecule has 1 N–H and O–H groups in total. The number of aromatic nitrogens is 1. The highest BCUT2D eigenvalue weighted by Gasteiger charge is 2.16. The summed E-state index contributed by atoms with van der Waals surface area (Å²) in [6.45, 7) is 9.23. The van der Waals surface area contributed by atoms with Crippen LogP contribution in [0.3, 0.4) is 0 Å². The molecule has 2 aromatic rings. The number of thiophene rings is 1. The Bertz CT molecular complexity index is 480. The molecule has 0 aliphatic carbocycles. The lowest BCUT2D eigenvalue weighted by Crippen LogP contribution is -2.35. The first-order valence-electron chi connectivity index (χ1n) is 5.71. The number of hydrogen-bond acceptors (Lipinski definition) is 4. The van der Waals surface area contributed by atoms with Gasteiger partial charge in [-0.3, -0.25) is 0 Å². The van der Waals surface area contributed by atoms with E-state index in [2.05, 4.69) is 44.2 Å². The number of rotatable bonds is 3. The summed E-state index contributed by atoms with van der Waals surface area (Å²) in [5, 5.41) is 9.61. The smallest absolute Gasteiger partial charge is 0.179 e. The van der Waals surface area contributed by atoms with Crippen molar-refractivity contribution in [3.63, 3.8) is 0 Å². The second-order valence-corrected chi connectivity index (χ2v) is 6.11. The summed E-state index contributed by atoms with van der Waals surface area (Å²) in [5.74, 6) is 0.894. The summed E-state index contributed by atoms with van der Waals surface area (Å²) in [5.41, 5.74) is 2.21. The Labute approximate surface area is 106 Å². The summed E-state index contributed by atoms with van der Waals surface area (Å²) >= 11 is 1.67. The number of nitrogens with one attached hydrogen (secondary N) is 1. The minimum Gasteiger partial charge on any atom is -0.355 e. The topological polar surface area (TPSA) is 38.1 Å². The Morgan fingerprint density at radius 2 is 2.18 bits per heavy atom. The van der Waals surface area contributed by atoms with Gasteiger partial charge in [-0.1, -0.05) is 11.2 Å². The Kier molecular flexibility index (Phi) is 3.35. The fraction of sp³-hybridized carbons (Fsp3) is 0.462. The van der Waals surface area contributed by atoms with Gasteiger partial charge in [0.25, 0.3) is 0 Å². The molecule has 2 aromatic heterocycles. The zero-order valence-corrected chi connectivity index (χ0v) is 11.5. The van der Waals surface area contributed by atoms with Gasteiger partial charge < -0.3 is 9.84 Å². The molecule has 0 unspecified atom stereocenters. The van der Waals surface area contributed by atoms with Crippen molar-refractivity contribution in [1.82, 2.24) is 10.5 Å². The van der Waals surface area contributed by atoms with Crippen LogP contribution in [0.4, 0.5) is 0 Å². The lowest BCUT2D eigenvalue weighted by molar-refractivity contribution is 0.393. The summed E-state index contributed by atoms with van der Waals surface area (Å²) < 4.78 is 5.43. The lowest BCUT2D eigenvalue weighted by atomic mass is 10.1. The van der Waals surface area contributed by atoms with Crippen molar-refractivity contribution in [2.45, 2.75) is 39.8 Å². The third kappa shape index (κ3) is 2.96. The molecule has 0 saturated heterocycles. The highest BCUT2D eigenvalue weighted by atomic mass is 32.1. The van der Waals surface area contributed by atoms with E-state index >= 15 is 0 Å². The van der Waals surface area contributed by atoms with Crippen LogP contribution >= 0.6 is 11.3 Å². The van der Waals surface area contributed by atoms with Crippen molar-refractivity contribution in [2.75, 3.05) is 0 Å². The Balaban J connectivity index is 2.16. The SMILES string of the molecule is Cc1c(CNC(C)(C)C)noc1-c1cccs1. The van der Waals surface area contributed by atoms with Crippen molar-refractivity contribution in [1.29, 1.82) is 0 Å². The van der Waals surface area contributed by atoms with Gasteiger partial charge >= 0.3 is 0 Å². The molecule has 0 saturated carbocycles. The van der Waals surface area contributed by atoms with Gasteiger partial charge in [0.05, 0.1) is 4.88 Å². The van der Waals surface area contributed by atoms with Gasteiger partial charge in [-0.25, -0.2) is 0 Å². The van der Waals surface area contributed by atoms with Gasteiger partial charge in [-0.05, 0) is 39.1 Å². The second kappa shape index (κ2) is 4.63. The van der Waals surface area contributed by atoms with Crippen molar-refractivity contribution in [3.8, 4) is 10.6 Å². The molecule has 2 heterocycles. The first-order valence-corrected chi connectivity index (χ1v) is 6.59. The molecule has 0 amide bonds. The molecule has 0 aromatic carbocycles. The van der Waals surface area contributed by atoms with Gasteiger partial charge in [0.15, 0.2) is 5.76 Å². The van der Waals surface area contributed by atoms with Crippen LogP contribution in [0.25, 0.3) is 10.6 Å². The lowest BCUT2D eigenvalue weighted by Gasteiger charge is -2.19. The third-order valence-electron chi connectivity index (χ3n) is 2.55. The summed E-state index contributed by atoms with van der Waals surface area (Å²) in [4.78, 5) is 1.14. The van der Waals surface area contributed by atoms with Crippen molar-refractivity contribution in [2.24, 2.45) is 0 Å². The molecular weight excluding hydrogens is 232 g/mol. The predicted octanol–water partition coefficient (Wildman–Crippen LogP) is 3.60. The molecule has 17 heavy (non-hydrogen) atoms. The highest BCUT2D eigenvalue weighted by Crippen LogP contribution is 2.29. The summed E-state index contributed by atoms with van der Waals surface area (Å²) in [7, 11) is 0. The van der Waals surface area contributed by atoms with E-state index in [1.54, 1.807) is 11.3 Å². The van der Waals surface area contributed by atoms with E-state index < -0.39 is 0 Å². The van der Waals surface area contributed by atoms with Crippen molar-refractivity contribution < 1.29 is 4.52 Å². The van der Waals surface area contributed by atoms with Crippen LogP contribution in [0.5, 0.6) is 0 Å². The fourth-order valence-corrected chi connectivity index (χ4v) is 2.28. The normalized spacial score (nSPS) is 12.0. The minimum atomic E-state index is 0.0918. The van der Waals surface area contributed by atoms with Gasteiger partial charge in [-0.2, -0.15) is 0 Å². The Morgan fingerprint density at radius 3 is 2.76 bits per heavy atom. The molecule has 0 radical (unpaired) electrons. The van der Waals surface area contributed by atoms with Crippen LogP contribution in [0, 0.1) is 6.92 Å². The highest BCUT2D eigenvalue weighted by molar-refractivity contribution is 7.13. The van der Waals surface area contributed by atoms with E-state index in [4.69, 9.17) is 4.52 Å². The van der Waals surface area contributed by atoms with E-state index in [0.717, 1.165) is 28.4 Å². The molecule has 0 aliphatic rings. The molecule has 0 aliphatic heterocycles. The Morgan fingerprint density at radius 1 is 1.41 bits per heavy atom. The van der Waals surface area contributed by atoms with Crippen LogP contribution in [0.2, 0.25) is 0 Å². The van der Waals surface area contributed by atoms with Crippen LogP contribution in [0.15, 0.2) is 22.0 Å². The minimum absolute atomic E-state index is 0.0918. The number of hydrogen-bond donors (Lipinski definition) is 1. The quantitative estimate of drug-likeness (QED) is 0.904. The molecule has 2 rings (SSSR count). The Hall–Kier alpha value is -1.13. The van der Waals surface area contributed by atoms with Crippen LogP contribution in [-0.4, -0.2) is 10.7 Å². The van der Waals surface area contributed by atoms with Gasteiger partial charge in [0.1, 0.15) is 5.69 Å². The van der Waals surface area contributed by atoms with E-state index in [1.165, 1.54) is 0 Å². The van der Waals surface area contributed by atoms with Crippen LogP contribution < -0.4 is 5.32 Å². The molecule has 0 bridgehead atoms. The molecular formula is C13H18N2OS. The average Bonchev–Trinajstić information content (AvgIpc) is 2.83. The van der Waals surface area contributed by atoms with E-state index in [9.17, 15) is 0 Å². The first kappa shape index (κ1) is 12.3. The van der Waals surface area contributed by atoms with E-state index in [-0.39, 0.29) is 5.54 Å². The molecule has 0 spiro atoms. The van der Waals surface area contributed by atoms with Crippen LogP contribution in [-0.2, 0) is 6.54 Å². The first-order chi connectivity index (χ1) is 7.97. The molecule has 4 heteroatoms. The zero-order valence-electron chi connectivity index (χ0n) is 10.7. The summed E-state index contributed by atoms with van der Waals surface area (Å²) in [6, 6.07) is 4.08. The standard InChI is InChI=1S/C13H18N2OS/c1-9-10(8-14-13(2,3)4)15-16-12(9)11-6-5-7-17-11/h5-7,14H,8H2,1-4H3. The molecule has 3 nitrogen and oxygen atoms in total. The predicted molar refractivity (Wildman–Crippen MR) is 71.1 cm³/mol. The maximum Gasteiger partial charge on any atom is 0.179 e. The van der Waals surface area contributed by atoms with Gasteiger partial charge in [0, 0.05) is 17.6 Å². The van der Waals surface area contributed by atoms with Crippen molar-refractivity contribution >= 4 is 11.3 Å². The number of nitrogens with zero attached hydrogens (tertiary/aromatic N) is 1. The van der Waals surface area contributed by atoms with Crippen LogP contribution in [0.1, 0.15) is 32.0 Å². The third-order valence-corrected chi connectivity index (χ3v) is 3.42. The van der Waals surface area contributed by atoms with E-state index in [0.29, 0.717) is 0 Å². The second-order valence-electron chi connectivity index (χ2n) is 5.16. The molecule has 92 valence electrons. The summed E-state index contributed by atoms with van der Waals surface area (Å²) in [6.07, 6.45) is 0. The van der Waals surface area contributed by atoms with Gasteiger partial charge in [0.2, 0.25) is 0 Å². The molecule has 0 fully saturated rings. The maximum absolute atomic E-state index is 5.43. The zero-order chi connectivity index (χ0) is 12.5. The van der Waals surface area contributed by atoms with Gasteiger partial charge in [-0.15, -0.1) is 11.3 Å².